The zero-order chi connectivity index (χ0) is 17.7. The van der Waals surface area contributed by atoms with Gasteiger partial charge in [0.15, 0.2) is 0 Å². The Bertz CT molecular complexity index is 688. The first-order valence-electron chi connectivity index (χ1n) is 7.75. The summed E-state index contributed by atoms with van der Waals surface area (Å²) in [5.74, 6) is -0.185. The monoisotopic (exact) mass is 374 g/mol. The Morgan fingerprint density at radius 2 is 2.00 bits per heavy atom. The van der Waals surface area contributed by atoms with Crippen LogP contribution in [0.2, 0.25) is 5.02 Å². The van der Waals surface area contributed by atoms with Gasteiger partial charge in [-0.25, -0.2) is 12.7 Å². The number of anilines is 1. The number of rotatable bonds is 6. The number of carbonyl (C=O) groups is 1. The van der Waals surface area contributed by atoms with Gasteiger partial charge in [-0.2, -0.15) is 0 Å². The molecule has 0 bridgehead atoms. The number of piperazine rings is 1. The minimum absolute atomic E-state index is 0.0919. The van der Waals surface area contributed by atoms with E-state index in [2.05, 4.69) is 15.5 Å². The zero-order valence-corrected chi connectivity index (χ0v) is 15.5. The topological polar surface area (TPSA) is 81.8 Å². The highest BCUT2D eigenvalue weighted by molar-refractivity contribution is 7.89. The Morgan fingerprint density at radius 1 is 1.33 bits per heavy atom. The smallest absolute Gasteiger partial charge is 0.242 e. The first-order chi connectivity index (χ1) is 11.3. The molecule has 0 aliphatic carbocycles. The number of carbonyl (C=O) groups excluding carboxylic acids is 1. The molecule has 1 fully saturated rings. The van der Waals surface area contributed by atoms with Crippen LogP contribution in [0.5, 0.6) is 0 Å². The van der Waals surface area contributed by atoms with Crippen molar-refractivity contribution >= 4 is 33.2 Å². The molecule has 0 aromatic heterocycles. The van der Waals surface area contributed by atoms with E-state index >= 15 is 0 Å². The quantitative estimate of drug-likeness (QED) is 0.770. The van der Waals surface area contributed by atoms with Crippen molar-refractivity contribution in [1.29, 1.82) is 0 Å². The Kier molecular flexibility index (Phi) is 6.59. The molecule has 0 spiro atoms. The summed E-state index contributed by atoms with van der Waals surface area (Å²) in [5.41, 5.74) is 0.310. The van der Waals surface area contributed by atoms with E-state index in [0.29, 0.717) is 23.7 Å². The number of nitrogens with zero attached hydrogens (tertiary/aromatic N) is 2. The molecule has 1 aromatic carbocycles. The number of amides is 1. The van der Waals surface area contributed by atoms with Crippen molar-refractivity contribution in [2.45, 2.75) is 11.3 Å². The van der Waals surface area contributed by atoms with Crippen LogP contribution in [0, 0.1) is 0 Å². The summed E-state index contributed by atoms with van der Waals surface area (Å²) in [7, 11) is -0.665. The van der Waals surface area contributed by atoms with Crippen LogP contribution in [-0.4, -0.2) is 70.3 Å². The van der Waals surface area contributed by atoms with Crippen LogP contribution >= 0.6 is 11.6 Å². The van der Waals surface area contributed by atoms with E-state index in [1.165, 1.54) is 32.3 Å². The lowest BCUT2D eigenvalue weighted by Crippen LogP contribution is -2.44. The molecular weight excluding hydrogens is 352 g/mol. The fourth-order valence-electron chi connectivity index (χ4n) is 2.38. The average Bonchev–Trinajstić information content (AvgIpc) is 2.55. The summed E-state index contributed by atoms with van der Waals surface area (Å²) in [6, 6.07) is 4.29. The number of sulfonamides is 1. The Labute approximate surface area is 148 Å². The molecule has 0 radical (unpaired) electrons. The fourth-order valence-corrected chi connectivity index (χ4v) is 3.47. The summed E-state index contributed by atoms with van der Waals surface area (Å²) < 4.78 is 25.5. The van der Waals surface area contributed by atoms with Gasteiger partial charge in [0.25, 0.3) is 0 Å². The van der Waals surface area contributed by atoms with Gasteiger partial charge in [0.1, 0.15) is 0 Å². The minimum Gasteiger partial charge on any atom is -0.325 e. The Hall–Kier alpha value is -1.19. The van der Waals surface area contributed by atoms with E-state index in [4.69, 9.17) is 11.6 Å². The third-order valence-corrected chi connectivity index (χ3v) is 6.00. The van der Waals surface area contributed by atoms with Gasteiger partial charge in [-0.1, -0.05) is 11.6 Å². The lowest BCUT2D eigenvalue weighted by atomic mass is 10.3. The summed E-state index contributed by atoms with van der Waals surface area (Å²) in [5, 5.41) is 6.27. The van der Waals surface area contributed by atoms with Gasteiger partial charge in [-0.3, -0.25) is 4.79 Å². The molecule has 7 nitrogen and oxygen atoms in total. The van der Waals surface area contributed by atoms with Crippen LogP contribution in [0.1, 0.15) is 6.42 Å². The van der Waals surface area contributed by atoms with Crippen molar-refractivity contribution in [2.75, 3.05) is 52.1 Å². The molecule has 1 heterocycles. The Balaban J connectivity index is 2.01. The van der Waals surface area contributed by atoms with Gasteiger partial charge in [-0.05, 0) is 18.2 Å². The van der Waals surface area contributed by atoms with Gasteiger partial charge in [-0.15, -0.1) is 0 Å². The molecule has 134 valence electrons. The molecule has 1 saturated heterocycles. The van der Waals surface area contributed by atoms with Crippen LogP contribution in [-0.2, 0) is 14.8 Å². The fraction of sp³-hybridized carbons (Fsp3) is 0.533. The van der Waals surface area contributed by atoms with Crippen molar-refractivity contribution in [2.24, 2.45) is 0 Å². The predicted molar refractivity (Wildman–Crippen MR) is 94.9 cm³/mol. The highest BCUT2D eigenvalue weighted by Gasteiger charge is 2.19. The molecule has 1 aromatic rings. The van der Waals surface area contributed by atoms with Crippen molar-refractivity contribution < 1.29 is 13.2 Å². The molecule has 1 aliphatic heterocycles. The summed E-state index contributed by atoms with van der Waals surface area (Å²) in [4.78, 5) is 14.4. The van der Waals surface area contributed by atoms with Gasteiger partial charge < -0.3 is 15.5 Å². The SMILES string of the molecule is CN(C)S(=O)(=O)c1ccc(Cl)c(NC(=O)CCN2CCNCC2)c1. The standard InChI is InChI=1S/C15H23ClN4O3S/c1-19(2)24(22,23)12-3-4-13(16)14(11-12)18-15(21)5-8-20-9-6-17-7-10-20/h3-4,11,17H,5-10H2,1-2H3,(H,18,21). The van der Waals surface area contributed by atoms with Crippen LogP contribution in [0.3, 0.4) is 0 Å². The van der Waals surface area contributed by atoms with E-state index in [-0.39, 0.29) is 10.8 Å². The molecule has 1 amide bonds. The van der Waals surface area contributed by atoms with E-state index < -0.39 is 10.0 Å². The van der Waals surface area contributed by atoms with Crippen LogP contribution in [0.4, 0.5) is 5.69 Å². The Morgan fingerprint density at radius 3 is 2.62 bits per heavy atom. The number of hydrogen-bond donors (Lipinski definition) is 2. The largest absolute Gasteiger partial charge is 0.325 e. The van der Waals surface area contributed by atoms with E-state index in [1.807, 2.05) is 0 Å². The highest BCUT2D eigenvalue weighted by Crippen LogP contribution is 2.26. The first-order valence-corrected chi connectivity index (χ1v) is 9.57. The van der Waals surface area contributed by atoms with Gasteiger partial charge in [0, 0.05) is 53.2 Å². The second kappa shape index (κ2) is 8.26. The van der Waals surface area contributed by atoms with Gasteiger partial charge in [0.05, 0.1) is 15.6 Å². The molecular formula is C15H23ClN4O3S. The summed E-state index contributed by atoms with van der Waals surface area (Å²) in [6.45, 7) is 4.37. The molecule has 24 heavy (non-hydrogen) atoms. The van der Waals surface area contributed by atoms with Gasteiger partial charge >= 0.3 is 0 Å². The van der Waals surface area contributed by atoms with Crippen molar-refractivity contribution in [3.05, 3.63) is 23.2 Å². The maximum Gasteiger partial charge on any atom is 0.242 e. The molecule has 0 atom stereocenters. The predicted octanol–water partition coefficient (Wildman–Crippen LogP) is 0.824. The van der Waals surface area contributed by atoms with Crippen LogP contribution < -0.4 is 10.6 Å². The minimum atomic E-state index is -3.57. The molecule has 2 rings (SSSR count). The molecule has 9 heteroatoms. The van der Waals surface area contributed by atoms with E-state index in [0.717, 1.165) is 30.5 Å². The van der Waals surface area contributed by atoms with Gasteiger partial charge in [0.2, 0.25) is 15.9 Å². The molecule has 2 N–H and O–H groups in total. The maximum absolute atomic E-state index is 12.2. The van der Waals surface area contributed by atoms with Crippen LogP contribution in [0.15, 0.2) is 23.1 Å². The second-order valence-corrected chi connectivity index (χ2v) is 8.38. The summed E-state index contributed by atoms with van der Waals surface area (Å²) in [6.07, 6.45) is 0.334. The molecule has 0 unspecified atom stereocenters. The van der Waals surface area contributed by atoms with E-state index in [1.54, 1.807) is 0 Å². The lowest BCUT2D eigenvalue weighted by Gasteiger charge is -2.26. The number of benzene rings is 1. The second-order valence-electron chi connectivity index (χ2n) is 5.82. The first kappa shape index (κ1) is 19.1. The van der Waals surface area contributed by atoms with Crippen LogP contribution in [0.25, 0.3) is 0 Å². The van der Waals surface area contributed by atoms with E-state index in [9.17, 15) is 13.2 Å². The third kappa shape index (κ3) is 4.90. The highest BCUT2D eigenvalue weighted by atomic mass is 35.5. The van der Waals surface area contributed by atoms with Crippen molar-refractivity contribution in [3.63, 3.8) is 0 Å². The van der Waals surface area contributed by atoms with Crippen molar-refractivity contribution in [3.8, 4) is 0 Å². The molecule has 1 aliphatic rings. The number of nitrogens with one attached hydrogen (secondary N) is 2. The normalized spacial score (nSPS) is 16.3. The number of hydrogen-bond acceptors (Lipinski definition) is 5. The maximum atomic E-state index is 12.2. The summed E-state index contributed by atoms with van der Waals surface area (Å²) >= 11 is 6.08. The van der Waals surface area contributed by atoms with Crippen molar-refractivity contribution in [1.82, 2.24) is 14.5 Å². The average molecular weight is 375 g/mol. The molecule has 0 saturated carbocycles. The zero-order valence-electron chi connectivity index (χ0n) is 13.9. The lowest BCUT2D eigenvalue weighted by molar-refractivity contribution is -0.116. The number of halogens is 1. The third-order valence-electron chi connectivity index (χ3n) is 3.86.